The molecular weight excluding hydrogens is 240 g/mol. The van der Waals surface area contributed by atoms with E-state index in [0.29, 0.717) is 17.6 Å². The first-order chi connectivity index (χ1) is 9.15. The molecule has 1 fully saturated rings. The molecule has 3 nitrogen and oxygen atoms in total. The number of carboxylic acids is 1. The van der Waals surface area contributed by atoms with Gasteiger partial charge in [-0.2, -0.15) is 0 Å². The Morgan fingerprint density at radius 3 is 2.58 bits per heavy atom. The summed E-state index contributed by atoms with van der Waals surface area (Å²) in [7, 11) is 0. The molecule has 1 N–H and O–H groups in total. The second-order valence-corrected chi connectivity index (χ2v) is 5.86. The molecule has 0 aliphatic heterocycles. The van der Waals surface area contributed by atoms with Crippen molar-refractivity contribution in [3.63, 3.8) is 0 Å². The zero-order valence-corrected chi connectivity index (χ0v) is 12.2. The minimum atomic E-state index is -0.703. The number of Topliss-reactive ketones (excluding diaryl/α,β-unsaturated/α-hetero) is 1. The molecule has 0 aromatic rings. The minimum Gasteiger partial charge on any atom is -0.481 e. The third kappa shape index (κ3) is 6.22. The highest BCUT2D eigenvalue weighted by Gasteiger charge is 2.33. The molecule has 19 heavy (non-hydrogen) atoms. The Morgan fingerprint density at radius 2 is 1.89 bits per heavy atom. The molecule has 110 valence electrons. The first-order valence-electron chi connectivity index (χ1n) is 7.89. The number of unbranched alkanes of at least 4 members (excludes halogenated alkanes) is 4. The van der Waals surface area contributed by atoms with Crippen molar-refractivity contribution in [3.05, 3.63) is 0 Å². The number of hydrogen-bond donors (Lipinski definition) is 1. The molecule has 1 aliphatic carbocycles. The fourth-order valence-electron chi connectivity index (χ4n) is 3.18. The van der Waals surface area contributed by atoms with Crippen molar-refractivity contribution in [1.82, 2.24) is 0 Å². The first-order valence-corrected chi connectivity index (χ1v) is 7.89. The summed E-state index contributed by atoms with van der Waals surface area (Å²) in [4.78, 5) is 22.3. The smallest absolute Gasteiger partial charge is 0.303 e. The van der Waals surface area contributed by atoms with Crippen LogP contribution in [0.4, 0.5) is 0 Å². The monoisotopic (exact) mass is 268 g/mol. The lowest BCUT2D eigenvalue weighted by Crippen LogP contribution is -2.14. The van der Waals surface area contributed by atoms with E-state index in [1.54, 1.807) is 0 Å². The topological polar surface area (TPSA) is 54.4 Å². The number of rotatable bonds is 10. The van der Waals surface area contributed by atoms with Crippen molar-refractivity contribution in [2.75, 3.05) is 0 Å². The Balaban J connectivity index is 2.15. The van der Waals surface area contributed by atoms with Crippen LogP contribution in [-0.4, -0.2) is 16.9 Å². The van der Waals surface area contributed by atoms with Gasteiger partial charge in [0.25, 0.3) is 0 Å². The molecule has 0 bridgehead atoms. The van der Waals surface area contributed by atoms with E-state index in [9.17, 15) is 9.59 Å². The highest BCUT2D eigenvalue weighted by atomic mass is 16.4. The van der Waals surface area contributed by atoms with Gasteiger partial charge in [0.1, 0.15) is 5.78 Å². The third-order valence-electron chi connectivity index (χ3n) is 4.33. The van der Waals surface area contributed by atoms with Crippen LogP contribution in [0.5, 0.6) is 0 Å². The van der Waals surface area contributed by atoms with Gasteiger partial charge in [0.2, 0.25) is 0 Å². The van der Waals surface area contributed by atoms with E-state index in [2.05, 4.69) is 6.92 Å². The van der Waals surface area contributed by atoms with Crippen LogP contribution in [0.25, 0.3) is 0 Å². The lowest BCUT2D eigenvalue weighted by Gasteiger charge is -2.17. The maximum atomic E-state index is 11.9. The van der Waals surface area contributed by atoms with Gasteiger partial charge >= 0.3 is 5.97 Å². The molecule has 0 unspecified atom stereocenters. The van der Waals surface area contributed by atoms with Crippen molar-refractivity contribution >= 4 is 11.8 Å². The normalized spacial score (nSPS) is 22.9. The second-order valence-electron chi connectivity index (χ2n) is 5.86. The number of carbonyl (C=O) groups is 2. The molecule has 0 spiro atoms. The average Bonchev–Trinajstić information content (AvgIpc) is 2.72. The summed E-state index contributed by atoms with van der Waals surface area (Å²) in [5.74, 6) is 0.717. The van der Waals surface area contributed by atoms with Crippen LogP contribution in [-0.2, 0) is 9.59 Å². The first kappa shape index (κ1) is 16.2. The van der Waals surface area contributed by atoms with Gasteiger partial charge in [0.05, 0.1) is 0 Å². The SMILES string of the molecule is CCCC[C@H]1CCC(=O)[C@@H]1CCCCCCC(=O)O. The number of carboxylic acid groups (broad SMARTS) is 1. The fraction of sp³-hybridized carbons (Fsp3) is 0.875. The summed E-state index contributed by atoms with van der Waals surface area (Å²) in [6, 6.07) is 0. The Kier molecular flexibility index (Phi) is 7.76. The molecule has 0 aromatic carbocycles. The van der Waals surface area contributed by atoms with Gasteiger partial charge in [0.15, 0.2) is 0 Å². The van der Waals surface area contributed by atoms with Crippen molar-refractivity contribution in [2.24, 2.45) is 11.8 Å². The molecular formula is C16H28O3. The van der Waals surface area contributed by atoms with Crippen LogP contribution < -0.4 is 0 Å². The molecule has 1 rings (SSSR count). The van der Waals surface area contributed by atoms with Crippen molar-refractivity contribution in [2.45, 2.75) is 77.6 Å². The molecule has 1 aliphatic rings. The van der Waals surface area contributed by atoms with Crippen LogP contribution >= 0.6 is 0 Å². The van der Waals surface area contributed by atoms with Gasteiger partial charge in [-0.25, -0.2) is 0 Å². The number of ketones is 1. The molecule has 0 amide bonds. The number of hydrogen-bond acceptors (Lipinski definition) is 2. The van der Waals surface area contributed by atoms with E-state index in [-0.39, 0.29) is 6.42 Å². The van der Waals surface area contributed by atoms with E-state index in [1.807, 2.05) is 0 Å². The molecule has 2 atom stereocenters. The van der Waals surface area contributed by atoms with Crippen molar-refractivity contribution in [3.8, 4) is 0 Å². The third-order valence-corrected chi connectivity index (χ3v) is 4.33. The lowest BCUT2D eigenvalue weighted by molar-refractivity contribution is -0.137. The van der Waals surface area contributed by atoms with Crippen molar-refractivity contribution in [1.29, 1.82) is 0 Å². The fourth-order valence-corrected chi connectivity index (χ4v) is 3.18. The summed E-state index contributed by atoms with van der Waals surface area (Å²) >= 11 is 0. The summed E-state index contributed by atoms with van der Waals surface area (Å²) in [6.07, 6.45) is 10.8. The summed E-state index contributed by atoms with van der Waals surface area (Å²) in [5, 5.41) is 8.55. The van der Waals surface area contributed by atoms with Gasteiger partial charge in [0, 0.05) is 18.8 Å². The molecule has 0 radical (unpaired) electrons. The van der Waals surface area contributed by atoms with Gasteiger partial charge in [-0.3, -0.25) is 9.59 Å². The van der Waals surface area contributed by atoms with Crippen LogP contribution in [0.3, 0.4) is 0 Å². The summed E-state index contributed by atoms with van der Waals surface area (Å²) in [6.45, 7) is 2.20. The van der Waals surface area contributed by atoms with Gasteiger partial charge in [-0.1, -0.05) is 39.0 Å². The average molecular weight is 268 g/mol. The number of carbonyl (C=O) groups excluding carboxylic acids is 1. The highest BCUT2D eigenvalue weighted by Crippen LogP contribution is 2.36. The molecule has 0 aromatic heterocycles. The van der Waals surface area contributed by atoms with Gasteiger partial charge < -0.3 is 5.11 Å². The van der Waals surface area contributed by atoms with E-state index in [1.165, 1.54) is 19.3 Å². The van der Waals surface area contributed by atoms with Crippen LogP contribution in [0, 0.1) is 11.8 Å². The number of aliphatic carboxylic acids is 1. The largest absolute Gasteiger partial charge is 0.481 e. The van der Waals surface area contributed by atoms with Crippen LogP contribution in [0.2, 0.25) is 0 Å². The maximum absolute atomic E-state index is 11.9. The quantitative estimate of drug-likeness (QED) is 0.604. The van der Waals surface area contributed by atoms with Crippen LogP contribution in [0.1, 0.15) is 77.6 Å². The molecule has 1 saturated carbocycles. The van der Waals surface area contributed by atoms with E-state index in [4.69, 9.17) is 5.11 Å². The Hall–Kier alpha value is -0.860. The predicted molar refractivity (Wildman–Crippen MR) is 76.1 cm³/mol. The minimum absolute atomic E-state index is 0.279. The van der Waals surface area contributed by atoms with E-state index >= 15 is 0 Å². The molecule has 0 heterocycles. The Morgan fingerprint density at radius 1 is 1.16 bits per heavy atom. The zero-order valence-electron chi connectivity index (χ0n) is 12.2. The standard InChI is InChI=1S/C16H28O3/c1-2-3-8-13-11-12-15(17)14(13)9-6-4-5-7-10-16(18)19/h13-14H,2-12H2,1H3,(H,18,19)/t13-,14+/m0/s1. The summed E-state index contributed by atoms with van der Waals surface area (Å²) < 4.78 is 0. The van der Waals surface area contributed by atoms with Gasteiger partial charge in [-0.05, 0) is 31.6 Å². The van der Waals surface area contributed by atoms with E-state index in [0.717, 1.165) is 44.9 Å². The Bertz CT molecular complexity index is 286. The highest BCUT2D eigenvalue weighted by molar-refractivity contribution is 5.83. The Labute approximate surface area is 116 Å². The van der Waals surface area contributed by atoms with Crippen LogP contribution in [0.15, 0.2) is 0 Å². The molecule has 0 saturated heterocycles. The van der Waals surface area contributed by atoms with E-state index < -0.39 is 5.97 Å². The predicted octanol–water partition coefficient (Wildman–Crippen LogP) is 4.20. The lowest BCUT2D eigenvalue weighted by atomic mass is 9.86. The molecule has 3 heteroatoms. The maximum Gasteiger partial charge on any atom is 0.303 e. The summed E-state index contributed by atoms with van der Waals surface area (Å²) in [5.41, 5.74) is 0. The van der Waals surface area contributed by atoms with Gasteiger partial charge in [-0.15, -0.1) is 0 Å². The zero-order chi connectivity index (χ0) is 14.1. The van der Waals surface area contributed by atoms with Crippen molar-refractivity contribution < 1.29 is 14.7 Å². The second kappa shape index (κ2) is 9.11.